The number of nitrogens with zero attached hydrogens (tertiary/aromatic N) is 1. The van der Waals surface area contributed by atoms with E-state index in [1.165, 1.54) is 5.56 Å². The first kappa shape index (κ1) is 15.3. The van der Waals surface area contributed by atoms with Gasteiger partial charge in [-0.3, -0.25) is 0 Å². The van der Waals surface area contributed by atoms with Crippen molar-refractivity contribution < 1.29 is 0 Å². The Morgan fingerprint density at radius 2 is 1.89 bits per heavy atom. The molecule has 1 rings (SSSR count). The molecule has 0 heterocycles. The van der Waals surface area contributed by atoms with Crippen LogP contribution in [0.5, 0.6) is 0 Å². The number of rotatable bonds is 4. The lowest BCUT2D eigenvalue weighted by Gasteiger charge is -2.25. The van der Waals surface area contributed by atoms with Crippen molar-refractivity contribution in [2.24, 2.45) is 0 Å². The van der Waals surface area contributed by atoms with Gasteiger partial charge in [-0.15, -0.1) is 0 Å². The maximum atomic E-state index is 6.35. The molecule has 1 aromatic rings. The van der Waals surface area contributed by atoms with Gasteiger partial charge in [0.05, 0.1) is 10.7 Å². The van der Waals surface area contributed by atoms with Crippen molar-refractivity contribution >= 4 is 17.3 Å². The van der Waals surface area contributed by atoms with Crippen LogP contribution in [0.4, 0.5) is 5.69 Å². The number of benzene rings is 1. The van der Waals surface area contributed by atoms with Gasteiger partial charge < -0.3 is 10.2 Å². The quantitative estimate of drug-likeness (QED) is 0.885. The second kappa shape index (κ2) is 5.94. The zero-order chi connectivity index (χ0) is 13.9. The Morgan fingerprint density at radius 3 is 2.33 bits per heavy atom. The molecule has 18 heavy (non-hydrogen) atoms. The van der Waals surface area contributed by atoms with Gasteiger partial charge in [-0.1, -0.05) is 17.7 Å². The van der Waals surface area contributed by atoms with Crippen LogP contribution in [-0.4, -0.2) is 18.6 Å². The normalized spacial score (nSPS) is 12.0. The molecule has 2 nitrogen and oxygen atoms in total. The van der Waals surface area contributed by atoms with E-state index in [4.69, 9.17) is 11.6 Å². The highest BCUT2D eigenvalue weighted by atomic mass is 35.5. The predicted molar refractivity (Wildman–Crippen MR) is 81.6 cm³/mol. The summed E-state index contributed by atoms with van der Waals surface area (Å²) in [6, 6.07) is 6.73. The van der Waals surface area contributed by atoms with Crippen LogP contribution in [0.2, 0.25) is 5.02 Å². The molecule has 0 saturated heterocycles. The summed E-state index contributed by atoms with van der Waals surface area (Å²) < 4.78 is 0. The lowest BCUT2D eigenvalue weighted by atomic mass is 10.1. The third kappa shape index (κ3) is 4.51. The second-order valence-electron chi connectivity index (χ2n) is 6.09. The maximum Gasteiger partial charge on any atom is 0.0642 e. The van der Waals surface area contributed by atoms with Gasteiger partial charge >= 0.3 is 0 Å². The third-order valence-corrected chi connectivity index (χ3v) is 3.29. The zero-order valence-electron chi connectivity index (χ0n) is 12.3. The van der Waals surface area contributed by atoms with Crippen LogP contribution in [0.25, 0.3) is 0 Å². The molecule has 102 valence electrons. The predicted octanol–water partition coefficient (Wildman–Crippen LogP) is 4.07. The van der Waals surface area contributed by atoms with Crippen LogP contribution in [-0.2, 0) is 6.54 Å². The summed E-state index contributed by atoms with van der Waals surface area (Å²) in [5.74, 6) is 0. The molecule has 0 spiro atoms. The molecule has 0 aliphatic rings. The minimum Gasteiger partial charge on any atom is -0.371 e. The van der Waals surface area contributed by atoms with E-state index in [-0.39, 0.29) is 5.54 Å². The Hall–Kier alpha value is -0.730. The smallest absolute Gasteiger partial charge is 0.0642 e. The molecule has 0 unspecified atom stereocenters. The Labute approximate surface area is 116 Å². The van der Waals surface area contributed by atoms with Crippen molar-refractivity contribution in [3.63, 3.8) is 0 Å². The molecule has 0 bridgehead atoms. The molecule has 0 amide bonds. The highest BCUT2D eigenvalue weighted by Crippen LogP contribution is 2.27. The fourth-order valence-corrected chi connectivity index (χ4v) is 1.93. The highest BCUT2D eigenvalue weighted by molar-refractivity contribution is 6.33. The van der Waals surface area contributed by atoms with E-state index in [0.29, 0.717) is 6.04 Å². The summed E-state index contributed by atoms with van der Waals surface area (Å²) in [6.45, 7) is 11.6. The summed E-state index contributed by atoms with van der Waals surface area (Å²) in [5.41, 5.74) is 2.43. The monoisotopic (exact) mass is 268 g/mol. The number of nitrogens with one attached hydrogen (secondary N) is 1. The van der Waals surface area contributed by atoms with Crippen LogP contribution in [0, 0.1) is 0 Å². The van der Waals surface area contributed by atoms with Crippen LogP contribution in [0.1, 0.15) is 40.2 Å². The van der Waals surface area contributed by atoms with Crippen LogP contribution in [0.15, 0.2) is 18.2 Å². The fraction of sp³-hybridized carbons (Fsp3) is 0.600. The molecule has 0 atom stereocenters. The van der Waals surface area contributed by atoms with Crippen molar-refractivity contribution in [2.75, 3.05) is 11.9 Å². The number of anilines is 1. The van der Waals surface area contributed by atoms with Crippen molar-refractivity contribution in [3.8, 4) is 0 Å². The number of hydrogen-bond acceptors (Lipinski definition) is 2. The van der Waals surface area contributed by atoms with Gasteiger partial charge in [0.15, 0.2) is 0 Å². The molecule has 1 N–H and O–H groups in total. The van der Waals surface area contributed by atoms with Crippen molar-refractivity contribution in [1.82, 2.24) is 5.32 Å². The van der Waals surface area contributed by atoms with Crippen molar-refractivity contribution in [1.29, 1.82) is 0 Å². The van der Waals surface area contributed by atoms with E-state index in [2.05, 4.69) is 70.1 Å². The lowest BCUT2D eigenvalue weighted by molar-refractivity contribution is 0.424. The van der Waals surface area contributed by atoms with Crippen LogP contribution in [0.3, 0.4) is 0 Å². The summed E-state index contributed by atoms with van der Waals surface area (Å²) in [4.78, 5) is 2.18. The fourth-order valence-electron chi connectivity index (χ4n) is 1.59. The molecule has 0 saturated carbocycles. The first-order valence-corrected chi connectivity index (χ1v) is 6.85. The van der Waals surface area contributed by atoms with E-state index in [1.807, 2.05) is 0 Å². The molecule has 0 aliphatic heterocycles. The topological polar surface area (TPSA) is 15.3 Å². The SMILES string of the molecule is CC(C)N(C)c1ccc(CNC(C)(C)C)cc1Cl. The van der Waals surface area contributed by atoms with Gasteiger partial charge in [0, 0.05) is 25.2 Å². The van der Waals surface area contributed by atoms with Crippen molar-refractivity contribution in [3.05, 3.63) is 28.8 Å². The van der Waals surface area contributed by atoms with Gasteiger partial charge in [-0.2, -0.15) is 0 Å². The lowest BCUT2D eigenvalue weighted by Crippen LogP contribution is -2.35. The first-order valence-electron chi connectivity index (χ1n) is 6.47. The average molecular weight is 269 g/mol. The van der Waals surface area contributed by atoms with Gasteiger partial charge in [0.1, 0.15) is 0 Å². The molecule has 0 radical (unpaired) electrons. The molecular weight excluding hydrogens is 244 g/mol. The number of hydrogen-bond donors (Lipinski definition) is 1. The average Bonchev–Trinajstić information content (AvgIpc) is 2.24. The zero-order valence-corrected chi connectivity index (χ0v) is 13.1. The Bertz CT molecular complexity index is 394. The van der Waals surface area contributed by atoms with Gasteiger partial charge in [0.25, 0.3) is 0 Å². The minimum atomic E-state index is 0.125. The van der Waals surface area contributed by atoms with Gasteiger partial charge in [-0.05, 0) is 52.3 Å². The molecule has 3 heteroatoms. The largest absolute Gasteiger partial charge is 0.371 e. The molecule has 1 aromatic carbocycles. The van der Waals surface area contributed by atoms with Crippen LogP contribution < -0.4 is 10.2 Å². The second-order valence-corrected chi connectivity index (χ2v) is 6.50. The number of halogens is 1. The van der Waals surface area contributed by atoms with E-state index in [9.17, 15) is 0 Å². The first-order chi connectivity index (χ1) is 8.20. The minimum absolute atomic E-state index is 0.125. The van der Waals surface area contributed by atoms with E-state index >= 15 is 0 Å². The standard InChI is InChI=1S/C15H25ClN2/c1-11(2)18(6)14-8-7-12(9-13(14)16)10-17-15(3,4)5/h7-9,11,17H,10H2,1-6H3. The van der Waals surface area contributed by atoms with Gasteiger partial charge in [0.2, 0.25) is 0 Å². The summed E-state index contributed by atoms with van der Waals surface area (Å²) in [5, 5.41) is 4.28. The molecule has 0 aromatic heterocycles. The third-order valence-electron chi connectivity index (χ3n) is 2.99. The van der Waals surface area contributed by atoms with Crippen LogP contribution >= 0.6 is 11.6 Å². The highest BCUT2D eigenvalue weighted by Gasteiger charge is 2.11. The summed E-state index contributed by atoms with van der Waals surface area (Å²) >= 11 is 6.35. The van der Waals surface area contributed by atoms with Crippen molar-refractivity contribution in [2.45, 2.75) is 52.7 Å². The summed E-state index contributed by atoms with van der Waals surface area (Å²) in [7, 11) is 2.07. The van der Waals surface area contributed by atoms with Gasteiger partial charge in [-0.25, -0.2) is 0 Å². The van der Waals surface area contributed by atoms with E-state index in [1.54, 1.807) is 0 Å². The Morgan fingerprint density at radius 1 is 1.28 bits per heavy atom. The Kier molecular flexibility index (Phi) is 5.06. The maximum absolute atomic E-state index is 6.35. The summed E-state index contributed by atoms with van der Waals surface area (Å²) in [6.07, 6.45) is 0. The molecular formula is C15H25ClN2. The van der Waals surface area contributed by atoms with E-state index < -0.39 is 0 Å². The molecule has 0 fully saturated rings. The molecule has 0 aliphatic carbocycles. The van der Waals surface area contributed by atoms with E-state index in [0.717, 1.165) is 17.3 Å². The Balaban J connectivity index is 2.80.